The van der Waals surface area contributed by atoms with Crippen LogP contribution >= 0.6 is 31.9 Å². The Morgan fingerprint density at radius 2 is 1.77 bits per heavy atom. The highest BCUT2D eigenvalue weighted by atomic mass is 79.9. The minimum absolute atomic E-state index is 0.335. The number of ketones is 1. The molecule has 0 aliphatic rings. The van der Waals surface area contributed by atoms with Gasteiger partial charge < -0.3 is 0 Å². The molecule has 0 bridgehead atoms. The predicted octanol–water partition coefficient (Wildman–Crippen LogP) is 3.59. The summed E-state index contributed by atoms with van der Waals surface area (Å²) < 4.78 is 10.9. The van der Waals surface area contributed by atoms with Crippen molar-refractivity contribution in [2.45, 2.75) is 10.4 Å². The molecule has 0 saturated heterocycles. The van der Waals surface area contributed by atoms with Crippen LogP contribution in [-0.4, -0.2) is 9.27 Å². The fraction of sp³-hybridized carbons (Fsp3) is 0.222. The van der Waals surface area contributed by atoms with Gasteiger partial charge in [-0.05, 0) is 38.8 Å². The van der Waals surface area contributed by atoms with Gasteiger partial charge in [-0.25, -0.2) is 4.39 Å². The highest BCUT2D eigenvalue weighted by molar-refractivity contribution is 9.25. The number of rotatable bonds is 2. The van der Waals surface area contributed by atoms with Crippen LogP contribution in [0, 0.1) is 6.92 Å². The van der Waals surface area contributed by atoms with Gasteiger partial charge in [-0.15, -0.1) is 0 Å². The molecule has 0 radical (unpaired) electrons. The molecule has 0 aliphatic carbocycles. The van der Waals surface area contributed by atoms with Crippen LogP contribution in [0.4, 0.5) is 4.39 Å². The Hall–Kier alpha value is -0.220. The number of carbonyl (C=O) groups excluding carboxylic acids is 1. The largest absolute Gasteiger partial charge is 0.288 e. The molecule has 1 nitrogen and oxygen atoms in total. The van der Waals surface area contributed by atoms with Crippen molar-refractivity contribution in [1.29, 1.82) is 0 Å². The number of carbonyl (C=O) groups is 1. The Kier molecular flexibility index (Phi) is 3.24. The van der Waals surface area contributed by atoms with Crippen LogP contribution in [0.25, 0.3) is 0 Å². The Labute approximate surface area is 92.6 Å². The standard InChI is InChI=1S/C9H7Br2FO/c1-6-2-4-7(5-3-6)8(13)9(10,11)12/h2-5H,1H3. The first-order chi connectivity index (χ1) is 5.91. The van der Waals surface area contributed by atoms with Gasteiger partial charge in [0.1, 0.15) is 0 Å². The third-order valence-electron chi connectivity index (χ3n) is 1.57. The van der Waals surface area contributed by atoms with E-state index in [1.165, 1.54) is 0 Å². The van der Waals surface area contributed by atoms with Gasteiger partial charge in [-0.2, -0.15) is 0 Å². The highest BCUT2D eigenvalue weighted by Gasteiger charge is 2.32. The second-order valence-corrected chi connectivity index (χ2v) is 5.94. The Morgan fingerprint density at radius 1 is 1.31 bits per heavy atom. The van der Waals surface area contributed by atoms with Gasteiger partial charge in [0.2, 0.25) is 5.78 Å². The van der Waals surface area contributed by atoms with Crippen molar-refractivity contribution in [1.82, 2.24) is 0 Å². The maximum atomic E-state index is 13.1. The average Bonchev–Trinajstić information content (AvgIpc) is 2.03. The lowest BCUT2D eigenvalue weighted by molar-refractivity contribution is 0.0926. The van der Waals surface area contributed by atoms with Gasteiger partial charge in [-0.3, -0.25) is 4.79 Å². The lowest BCUT2D eigenvalue weighted by atomic mass is 10.1. The first kappa shape index (κ1) is 10.9. The fourth-order valence-electron chi connectivity index (χ4n) is 0.869. The molecule has 0 spiro atoms. The van der Waals surface area contributed by atoms with Crippen molar-refractivity contribution in [2.75, 3.05) is 0 Å². The zero-order valence-corrected chi connectivity index (χ0v) is 10.0. The topological polar surface area (TPSA) is 17.1 Å². The van der Waals surface area contributed by atoms with Crippen molar-refractivity contribution in [3.05, 3.63) is 35.4 Å². The van der Waals surface area contributed by atoms with E-state index in [1.54, 1.807) is 24.3 Å². The second kappa shape index (κ2) is 3.88. The molecule has 13 heavy (non-hydrogen) atoms. The van der Waals surface area contributed by atoms with Gasteiger partial charge in [0.25, 0.3) is 3.49 Å². The smallest absolute Gasteiger partial charge is 0.280 e. The molecule has 70 valence electrons. The predicted molar refractivity (Wildman–Crippen MR) is 57.2 cm³/mol. The van der Waals surface area contributed by atoms with Crippen molar-refractivity contribution in [3.63, 3.8) is 0 Å². The average molecular weight is 310 g/mol. The molecule has 4 heteroatoms. The molecule has 0 fully saturated rings. The van der Waals surface area contributed by atoms with E-state index < -0.39 is 9.27 Å². The van der Waals surface area contributed by atoms with Crippen LogP contribution in [0.1, 0.15) is 15.9 Å². The van der Waals surface area contributed by atoms with Gasteiger partial charge >= 0.3 is 0 Å². The molecule has 0 N–H and O–H groups in total. The first-order valence-corrected chi connectivity index (χ1v) is 5.18. The quantitative estimate of drug-likeness (QED) is 0.603. The van der Waals surface area contributed by atoms with Crippen LogP contribution in [0.15, 0.2) is 24.3 Å². The summed E-state index contributed by atoms with van der Waals surface area (Å²) in [5.41, 5.74) is 1.37. The van der Waals surface area contributed by atoms with Crippen molar-refractivity contribution in [3.8, 4) is 0 Å². The lowest BCUT2D eigenvalue weighted by Crippen LogP contribution is -2.18. The van der Waals surface area contributed by atoms with E-state index in [0.29, 0.717) is 5.56 Å². The summed E-state index contributed by atoms with van der Waals surface area (Å²) in [4.78, 5) is 11.3. The molecule has 1 rings (SSSR count). The molecule has 1 aromatic carbocycles. The van der Waals surface area contributed by atoms with E-state index in [-0.39, 0.29) is 0 Å². The summed E-state index contributed by atoms with van der Waals surface area (Å²) in [6, 6.07) is 6.71. The van der Waals surface area contributed by atoms with Crippen LogP contribution in [0.3, 0.4) is 0 Å². The minimum Gasteiger partial charge on any atom is -0.288 e. The zero-order chi connectivity index (χ0) is 10.1. The summed E-state index contributed by atoms with van der Waals surface area (Å²) in [5.74, 6) is -0.632. The van der Waals surface area contributed by atoms with Crippen molar-refractivity contribution >= 4 is 37.6 Å². The lowest BCUT2D eigenvalue weighted by Gasteiger charge is -2.08. The molecular formula is C9H7Br2FO. The normalized spacial score (nSPS) is 11.4. The molecule has 0 unspecified atom stereocenters. The van der Waals surface area contributed by atoms with E-state index in [0.717, 1.165) is 5.56 Å². The number of benzene rings is 1. The van der Waals surface area contributed by atoms with Crippen LogP contribution in [0.5, 0.6) is 0 Å². The fourth-order valence-corrected chi connectivity index (χ4v) is 1.33. The minimum atomic E-state index is -2.16. The van der Waals surface area contributed by atoms with Gasteiger partial charge in [0, 0.05) is 5.56 Å². The van der Waals surface area contributed by atoms with E-state index in [4.69, 9.17) is 0 Å². The molecule has 1 aromatic rings. The maximum Gasteiger partial charge on any atom is 0.280 e. The molecular weight excluding hydrogens is 303 g/mol. The highest BCUT2D eigenvalue weighted by Crippen LogP contribution is 2.31. The molecule has 0 saturated carbocycles. The van der Waals surface area contributed by atoms with E-state index in [1.807, 2.05) is 6.92 Å². The number of hydrogen-bond acceptors (Lipinski definition) is 1. The molecule has 0 aliphatic heterocycles. The second-order valence-electron chi connectivity index (χ2n) is 2.69. The summed E-state index contributed by atoms with van der Waals surface area (Å²) in [6.07, 6.45) is 0. The summed E-state index contributed by atoms with van der Waals surface area (Å²) in [6.45, 7) is 1.90. The molecule has 0 atom stereocenters. The van der Waals surface area contributed by atoms with Gasteiger partial charge in [-0.1, -0.05) is 29.8 Å². The van der Waals surface area contributed by atoms with E-state index in [9.17, 15) is 9.18 Å². The van der Waals surface area contributed by atoms with Crippen molar-refractivity contribution < 1.29 is 9.18 Å². The Balaban J connectivity index is 2.97. The van der Waals surface area contributed by atoms with E-state index >= 15 is 0 Å². The molecule has 0 heterocycles. The Bertz CT molecular complexity index is 313. The number of halogens is 3. The molecule has 0 aromatic heterocycles. The summed E-state index contributed by atoms with van der Waals surface area (Å²) in [5, 5.41) is 0. The number of alkyl halides is 3. The van der Waals surface area contributed by atoms with Crippen LogP contribution in [0.2, 0.25) is 0 Å². The van der Waals surface area contributed by atoms with E-state index in [2.05, 4.69) is 31.9 Å². The third-order valence-corrected chi connectivity index (χ3v) is 2.29. The monoisotopic (exact) mass is 308 g/mol. The van der Waals surface area contributed by atoms with Gasteiger partial charge in [0.15, 0.2) is 0 Å². The van der Waals surface area contributed by atoms with Crippen LogP contribution < -0.4 is 0 Å². The summed E-state index contributed by atoms with van der Waals surface area (Å²) >= 11 is 5.20. The Morgan fingerprint density at radius 3 is 2.15 bits per heavy atom. The third kappa shape index (κ3) is 2.88. The number of hydrogen-bond donors (Lipinski definition) is 0. The number of aryl methyl sites for hydroxylation is 1. The SMILES string of the molecule is Cc1ccc(C(=O)C(F)(Br)Br)cc1. The maximum absolute atomic E-state index is 13.1. The van der Waals surface area contributed by atoms with Gasteiger partial charge in [0.05, 0.1) is 0 Å². The summed E-state index contributed by atoms with van der Waals surface area (Å²) in [7, 11) is 0. The van der Waals surface area contributed by atoms with Crippen LogP contribution in [-0.2, 0) is 0 Å². The molecule has 0 amide bonds. The first-order valence-electron chi connectivity index (χ1n) is 3.59. The van der Waals surface area contributed by atoms with Crippen molar-refractivity contribution in [2.24, 2.45) is 0 Å². The zero-order valence-electron chi connectivity index (χ0n) is 6.85. The number of Topliss-reactive ketones (excluding diaryl/α,β-unsaturated/α-hetero) is 1.